The third kappa shape index (κ3) is 5.39. The van der Waals surface area contributed by atoms with E-state index in [0.29, 0.717) is 42.6 Å². The molecule has 35 heavy (non-hydrogen) atoms. The van der Waals surface area contributed by atoms with Crippen molar-refractivity contribution in [1.29, 1.82) is 0 Å². The molecule has 0 aromatic heterocycles. The van der Waals surface area contributed by atoms with Crippen LogP contribution in [0.2, 0.25) is 0 Å². The van der Waals surface area contributed by atoms with Crippen LogP contribution < -0.4 is 14.2 Å². The fraction of sp³-hybridized carbons (Fsp3) is 0.357. The predicted molar refractivity (Wildman–Crippen MR) is 126 cm³/mol. The second kappa shape index (κ2) is 11.0. The monoisotopic (exact) mass is 488 g/mol. The highest BCUT2D eigenvalue weighted by Gasteiger charge is 2.27. The lowest BCUT2D eigenvalue weighted by Gasteiger charge is -2.29. The van der Waals surface area contributed by atoms with E-state index in [1.807, 2.05) is 0 Å². The van der Waals surface area contributed by atoms with Crippen LogP contribution in [0.1, 0.15) is 44.1 Å². The molecule has 0 spiro atoms. The minimum Gasteiger partial charge on any atom is -0.497 e. The molecule has 0 heterocycles. The molecule has 7 heteroatoms. The van der Waals surface area contributed by atoms with Crippen LogP contribution in [0.15, 0.2) is 48.5 Å². The van der Waals surface area contributed by atoms with Crippen LogP contribution in [0.3, 0.4) is 0 Å². The number of methoxy groups -OCH3 is 1. The van der Waals surface area contributed by atoms with E-state index in [0.717, 1.165) is 0 Å². The van der Waals surface area contributed by atoms with Crippen molar-refractivity contribution in [1.82, 2.24) is 0 Å². The molecule has 0 N–H and O–H groups in total. The Labute approximate surface area is 202 Å². The second-order valence-electron chi connectivity index (χ2n) is 8.71. The van der Waals surface area contributed by atoms with Gasteiger partial charge >= 0.3 is 0 Å². The van der Waals surface area contributed by atoms with Crippen molar-refractivity contribution in [2.75, 3.05) is 20.3 Å². The predicted octanol–water partition coefficient (Wildman–Crippen LogP) is 7.67. The number of hydrogen-bond acceptors (Lipinski definition) is 3. The maximum atomic E-state index is 14.7. The van der Waals surface area contributed by atoms with Gasteiger partial charge in [-0.2, -0.15) is 8.78 Å². The number of benzene rings is 3. The van der Waals surface area contributed by atoms with E-state index in [4.69, 9.17) is 14.2 Å². The fourth-order valence-corrected chi connectivity index (χ4v) is 4.61. The molecule has 0 amide bonds. The molecule has 0 unspecified atom stereocenters. The SMILES string of the molecule is CCOc1ccc(C2CCC(COc3ccc(-c4ccc(OC)cc4)c(F)c3F)CC2)c(F)c1F. The van der Waals surface area contributed by atoms with E-state index in [2.05, 4.69) is 0 Å². The van der Waals surface area contributed by atoms with Gasteiger partial charge in [0.15, 0.2) is 23.1 Å². The van der Waals surface area contributed by atoms with Crippen LogP contribution in [-0.2, 0) is 0 Å². The number of ether oxygens (including phenoxy) is 3. The lowest BCUT2D eigenvalue weighted by Crippen LogP contribution is -2.20. The van der Waals surface area contributed by atoms with Crippen LogP contribution in [0.25, 0.3) is 11.1 Å². The molecule has 0 bridgehead atoms. The molecule has 1 aliphatic carbocycles. The van der Waals surface area contributed by atoms with Crippen LogP contribution in [0.5, 0.6) is 17.2 Å². The standard InChI is InChI=1S/C28H28F4O3/c1-3-34-23-14-12-21(25(29)27(23)31)18-6-4-17(5-7-18)16-35-24-15-13-22(26(30)28(24)32)19-8-10-20(33-2)11-9-19/h8-15,17-18H,3-7,16H2,1-2H3. The molecular formula is C28H28F4O3. The van der Waals surface area contributed by atoms with Crippen molar-refractivity contribution in [2.24, 2.45) is 5.92 Å². The summed E-state index contributed by atoms with van der Waals surface area (Å²) in [5.74, 6) is -3.39. The van der Waals surface area contributed by atoms with E-state index in [1.165, 1.54) is 25.3 Å². The maximum absolute atomic E-state index is 14.7. The Morgan fingerprint density at radius 2 is 1.34 bits per heavy atom. The molecule has 1 aliphatic rings. The summed E-state index contributed by atoms with van der Waals surface area (Å²) in [5, 5.41) is 0. The summed E-state index contributed by atoms with van der Waals surface area (Å²) in [6.07, 6.45) is 2.75. The van der Waals surface area contributed by atoms with Crippen molar-refractivity contribution in [3.05, 3.63) is 77.4 Å². The Bertz CT molecular complexity index is 1160. The lowest BCUT2D eigenvalue weighted by molar-refractivity contribution is 0.191. The molecule has 186 valence electrons. The smallest absolute Gasteiger partial charge is 0.201 e. The number of halogens is 4. The zero-order valence-electron chi connectivity index (χ0n) is 19.8. The minimum absolute atomic E-state index is 0.0805. The lowest BCUT2D eigenvalue weighted by atomic mass is 9.79. The van der Waals surface area contributed by atoms with Gasteiger partial charge in [0.1, 0.15) is 5.75 Å². The van der Waals surface area contributed by atoms with Gasteiger partial charge in [0.05, 0.1) is 20.3 Å². The molecule has 1 saturated carbocycles. The van der Waals surface area contributed by atoms with E-state index < -0.39 is 23.3 Å². The van der Waals surface area contributed by atoms with E-state index in [-0.39, 0.29) is 42.1 Å². The van der Waals surface area contributed by atoms with Crippen LogP contribution in [0.4, 0.5) is 17.6 Å². The summed E-state index contributed by atoms with van der Waals surface area (Å²) in [4.78, 5) is 0. The Balaban J connectivity index is 1.36. The van der Waals surface area contributed by atoms with Gasteiger partial charge in [0, 0.05) is 5.56 Å². The van der Waals surface area contributed by atoms with Gasteiger partial charge in [-0.05, 0) is 85.9 Å². The first-order valence-corrected chi connectivity index (χ1v) is 11.8. The number of rotatable bonds is 8. The fourth-order valence-electron chi connectivity index (χ4n) is 4.61. The average Bonchev–Trinajstić information content (AvgIpc) is 2.88. The normalized spacial score (nSPS) is 17.8. The van der Waals surface area contributed by atoms with Gasteiger partial charge in [-0.1, -0.05) is 18.2 Å². The Morgan fingerprint density at radius 3 is 2.00 bits per heavy atom. The molecule has 4 rings (SSSR count). The highest BCUT2D eigenvalue weighted by atomic mass is 19.2. The molecule has 3 aromatic carbocycles. The van der Waals surface area contributed by atoms with Gasteiger partial charge in [-0.15, -0.1) is 0 Å². The number of hydrogen-bond donors (Lipinski definition) is 0. The highest BCUT2D eigenvalue weighted by Crippen LogP contribution is 2.39. The van der Waals surface area contributed by atoms with E-state index >= 15 is 0 Å². The van der Waals surface area contributed by atoms with Crippen molar-refractivity contribution in [3.63, 3.8) is 0 Å². The van der Waals surface area contributed by atoms with Crippen molar-refractivity contribution < 1.29 is 31.8 Å². The Morgan fingerprint density at radius 1 is 0.714 bits per heavy atom. The molecule has 0 saturated heterocycles. The van der Waals surface area contributed by atoms with Gasteiger partial charge < -0.3 is 14.2 Å². The molecule has 1 fully saturated rings. The quantitative estimate of drug-likeness (QED) is 0.305. The minimum atomic E-state index is -1.03. The van der Waals surface area contributed by atoms with Gasteiger partial charge in [0.25, 0.3) is 0 Å². The van der Waals surface area contributed by atoms with Gasteiger partial charge in [-0.3, -0.25) is 0 Å². The van der Waals surface area contributed by atoms with Gasteiger partial charge in [0.2, 0.25) is 11.6 Å². The van der Waals surface area contributed by atoms with E-state index in [1.54, 1.807) is 37.3 Å². The first-order valence-electron chi connectivity index (χ1n) is 11.8. The summed E-state index contributed by atoms with van der Waals surface area (Å²) in [6, 6.07) is 12.7. The summed E-state index contributed by atoms with van der Waals surface area (Å²) in [6.45, 7) is 2.20. The van der Waals surface area contributed by atoms with Crippen molar-refractivity contribution in [2.45, 2.75) is 38.5 Å². The first kappa shape index (κ1) is 24.9. The molecule has 0 radical (unpaired) electrons. The first-order chi connectivity index (χ1) is 16.9. The zero-order chi connectivity index (χ0) is 24.9. The molecule has 3 aromatic rings. The van der Waals surface area contributed by atoms with Crippen LogP contribution in [0, 0.1) is 29.2 Å². The largest absolute Gasteiger partial charge is 0.497 e. The maximum Gasteiger partial charge on any atom is 0.201 e. The third-order valence-corrected chi connectivity index (χ3v) is 6.59. The van der Waals surface area contributed by atoms with Crippen LogP contribution in [-0.4, -0.2) is 20.3 Å². The summed E-state index contributed by atoms with van der Waals surface area (Å²) in [7, 11) is 1.53. The Kier molecular flexibility index (Phi) is 7.83. The second-order valence-corrected chi connectivity index (χ2v) is 8.71. The summed E-state index contributed by atoms with van der Waals surface area (Å²) < 4.78 is 74.0. The molecule has 3 nitrogen and oxygen atoms in total. The van der Waals surface area contributed by atoms with Crippen molar-refractivity contribution in [3.8, 4) is 28.4 Å². The topological polar surface area (TPSA) is 27.7 Å². The molecule has 0 aliphatic heterocycles. The molecular weight excluding hydrogens is 460 g/mol. The summed E-state index contributed by atoms with van der Waals surface area (Å²) >= 11 is 0. The Hall–Kier alpha value is -3.22. The highest BCUT2D eigenvalue weighted by molar-refractivity contribution is 5.66. The van der Waals surface area contributed by atoms with Crippen molar-refractivity contribution >= 4 is 0 Å². The van der Waals surface area contributed by atoms with Crippen LogP contribution >= 0.6 is 0 Å². The molecule has 0 atom stereocenters. The average molecular weight is 489 g/mol. The van der Waals surface area contributed by atoms with Gasteiger partial charge in [-0.25, -0.2) is 8.78 Å². The zero-order valence-corrected chi connectivity index (χ0v) is 19.8. The van der Waals surface area contributed by atoms with E-state index in [9.17, 15) is 17.6 Å². The third-order valence-electron chi connectivity index (χ3n) is 6.59. The summed E-state index contributed by atoms with van der Waals surface area (Å²) in [5.41, 5.74) is 1.03.